The fourth-order valence-corrected chi connectivity index (χ4v) is 2.00. The van der Waals surface area contributed by atoms with E-state index in [9.17, 15) is 8.42 Å². The van der Waals surface area contributed by atoms with Crippen LogP contribution in [0.2, 0.25) is 0 Å². The summed E-state index contributed by atoms with van der Waals surface area (Å²) in [6.07, 6.45) is 1.63. The summed E-state index contributed by atoms with van der Waals surface area (Å²) in [5.74, 6) is 0.347. The summed E-state index contributed by atoms with van der Waals surface area (Å²) in [5.41, 5.74) is 1.05. The smallest absolute Gasteiger partial charge is 0.273 e. The molecule has 0 aromatic carbocycles. The van der Waals surface area contributed by atoms with Crippen LogP contribution in [-0.4, -0.2) is 28.4 Å². The lowest BCUT2D eigenvalue weighted by Crippen LogP contribution is -2.13. The van der Waals surface area contributed by atoms with E-state index in [2.05, 4.69) is 19.9 Å². The van der Waals surface area contributed by atoms with Gasteiger partial charge in [0.2, 0.25) is 0 Å². The number of nitrogens with one attached hydrogen (secondary N) is 1. The topological polar surface area (TPSA) is 115 Å². The molecule has 0 unspecified atom stereocenters. The van der Waals surface area contributed by atoms with Gasteiger partial charge >= 0.3 is 0 Å². The summed E-state index contributed by atoms with van der Waals surface area (Å²) in [5, 5.41) is 5.39. The molecule has 0 saturated heterocycles. The number of nitrogens with two attached hydrogens (primary N) is 1. The number of primary sulfonamides is 1. The predicted octanol–water partition coefficient (Wildman–Crippen LogP) is 0.105. The van der Waals surface area contributed by atoms with E-state index in [4.69, 9.17) is 5.14 Å². The van der Waals surface area contributed by atoms with Gasteiger partial charge in [-0.15, -0.1) is 0 Å². The Labute approximate surface area is 96.1 Å². The van der Waals surface area contributed by atoms with Gasteiger partial charge in [0.05, 0.1) is 0 Å². The highest BCUT2D eigenvalue weighted by Gasteiger charge is 2.19. The van der Waals surface area contributed by atoms with Crippen molar-refractivity contribution in [2.75, 3.05) is 0 Å². The number of sulfonamides is 1. The zero-order valence-corrected chi connectivity index (χ0v) is 9.27. The number of hydrogen-bond acceptors (Lipinski definition) is 5. The van der Waals surface area contributed by atoms with Gasteiger partial charge in [0.25, 0.3) is 15.2 Å². The molecule has 0 fully saturated rings. The number of H-pyrrole nitrogens is 1. The van der Waals surface area contributed by atoms with E-state index in [1.54, 1.807) is 18.3 Å². The molecular formula is C9H7N5O2S. The SMILES string of the molecule is NS(=O)(=O)c1nc2cc3cccnc3[nH]c-2n1. The van der Waals surface area contributed by atoms with Gasteiger partial charge in [0.1, 0.15) is 11.3 Å². The van der Waals surface area contributed by atoms with Crippen molar-refractivity contribution in [3.63, 3.8) is 0 Å². The Balaban J connectivity index is 2.37. The molecule has 0 atom stereocenters. The van der Waals surface area contributed by atoms with Crippen LogP contribution in [0.4, 0.5) is 0 Å². The largest absolute Gasteiger partial charge is 0.323 e. The van der Waals surface area contributed by atoms with Crippen LogP contribution in [0.15, 0.2) is 29.6 Å². The Bertz CT molecular complexity index is 730. The first kappa shape index (κ1) is 10.1. The monoisotopic (exact) mass is 249 g/mol. The van der Waals surface area contributed by atoms with Crippen molar-refractivity contribution in [2.45, 2.75) is 5.16 Å². The highest BCUT2D eigenvalue weighted by Crippen LogP contribution is 2.22. The lowest BCUT2D eigenvalue weighted by atomic mass is 10.2. The van der Waals surface area contributed by atoms with Crippen LogP contribution in [0.3, 0.4) is 0 Å². The molecule has 0 aliphatic carbocycles. The fraction of sp³-hybridized carbons (Fsp3) is 0. The van der Waals surface area contributed by atoms with E-state index in [1.165, 1.54) is 0 Å². The Kier molecular flexibility index (Phi) is 1.91. The van der Waals surface area contributed by atoms with Crippen LogP contribution >= 0.6 is 0 Å². The van der Waals surface area contributed by atoms with Crippen molar-refractivity contribution in [3.05, 3.63) is 24.4 Å². The third-order valence-electron chi connectivity index (χ3n) is 2.29. The van der Waals surface area contributed by atoms with Crippen molar-refractivity contribution < 1.29 is 8.42 Å². The summed E-state index contributed by atoms with van der Waals surface area (Å²) in [6.45, 7) is 0. The average Bonchev–Trinajstić information content (AvgIpc) is 2.68. The van der Waals surface area contributed by atoms with Crippen LogP contribution in [0.5, 0.6) is 0 Å². The summed E-state index contributed by atoms with van der Waals surface area (Å²) in [7, 11) is -3.89. The zero-order valence-electron chi connectivity index (χ0n) is 8.45. The van der Waals surface area contributed by atoms with Crippen LogP contribution in [0.1, 0.15) is 0 Å². The maximum atomic E-state index is 11.1. The van der Waals surface area contributed by atoms with Crippen LogP contribution in [-0.2, 0) is 10.0 Å². The quantitative estimate of drug-likeness (QED) is 0.635. The van der Waals surface area contributed by atoms with Crippen LogP contribution in [0.25, 0.3) is 22.6 Å². The first-order valence-electron chi connectivity index (χ1n) is 4.68. The second-order valence-corrected chi connectivity index (χ2v) is 4.95. The molecule has 0 radical (unpaired) electrons. The van der Waals surface area contributed by atoms with Gasteiger partial charge < -0.3 is 4.98 Å². The van der Waals surface area contributed by atoms with E-state index in [-0.39, 0.29) is 5.16 Å². The summed E-state index contributed by atoms with van der Waals surface area (Å²) < 4.78 is 22.2. The van der Waals surface area contributed by atoms with Crippen molar-refractivity contribution in [2.24, 2.45) is 5.14 Å². The normalized spacial score (nSPS) is 12.3. The number of fused-ring (bicyclic) bond motifs is 2. The minimum Gasteiger partial charge on any atom is -0.323 e. The number of aromatic amines is 1. The molecule has 8 heteroatoms. The van der Waals surface area contributed by atoms with E-state index in [1.807, 2.05) is 6.07 Å². The van der Waals surface area contributed by atoms with Crippen LogP contribution < -0.4 is 5.14 Å². The third-order valence-corrected chi connectivity index (χ3v) is 2.98. The van der Waals surface area contributed by atoms with E-state index in [0.717, 1.165) is 5.39 Å². The highest BCUT2D eigenvalue weighted by atomic mass is 32.2. The van der Waals surface area contributed by atoms with Gasteiger partial charge in [-0.1, -0.05) is 0 Å². The number of hydrogen-bond donors (Lipinski definition) is 2. The number of pyridine rings is 2. The molecule has 3 heterocycles. The van der Waals surface area contributed by atoms with Crippen LogP contribution in [0, 0.1) is 0 Å². The standard InChI is InChI=1S/C9H7N5O2S/c10-17(15,16)9-12-6-4-5-2-1-3-11-7(5)13-8(6)14-9/h1-4H,(H2,10,15,16)(H,11,12,13,14). The van der Waals surface area contributed by atoms with E-state index >= 15 is 0 Å². The Hall–Kier alpha value is -2.06. The van der Waals surface area contributed by atoms with Gasteiger partial charge in [0.15, 0.2) is 5.82 Å². The minimum atomic E-state index is -3.89. The lowest BCUT2D eigenvalue weighted by Gasteiger charge is -1.99. The molecule has 2 aliphatic rings. The third kappa shape index (κ3) is 1.63. The molecule has 2 aliphatic heterocycles. The Morgan fingerprint density at radius 3 is 2.88 bits per heavy atom. The number of nitrogens with zero attached hydrogens (tertiary/aromatic N) is 3. The first-order chi connectivity index (χ1) is 8.04. The molecule has 7 nitrogen and oxygen atoms in total. The summed E-state index contributed by atoms with van der Waals surface area (Å²) >= 11 is 0. The fourth-order valence-electron chi connectivity index (χ4n) is 1.55. The van der Waals surface area contributed by atoms with Gasteiger partial charge in [-0.3, -0.25) is 0 Å². The highest BCUT2D eigenvalue weighted by molar-refractivity contribution is 7.89. The number of aromatic nitrogens is 4. The molecular weight excluding hydrogens is 242 g/mol. The molecule has 0 saturated carbocycles. The molecule has 3 N–H and O–H groups in total. The van der Waals surface area contributed by atoms with E-state index in [0.29, 0.717) is 17.2 Å². The number of rotatable bonds is 1. The second-order valence-electron chi connectivity index (χ2n) is 3.50. The lowest BCUT2D eigenvalue weighted by molar-refractivity contribution is 0.591. The number of imidazole rings is 1. The van der Waals surface area contributed by atoms with Gasteiger partial charge in [0, 0.05) is 11.6 Å². The van der Waals surface area contributed by atoms with Gasteiger partial charge in [-0.05, 0) is 18.2 Å². The predicted molar refractivity (Wildman–Crippen MR) is 59.7 cm³/mol. The maximum absolute atomic E-state index is 11.1. The molecule has 1 aromatic heterocycles. The van der Waals surface area contributed by atoms with E-state index < -0.39 is 10.0 Å². The zero-order chi connectivity index (χ0) is 12.0. The van der Waals surface area contributed by atoms with Gasteiger partial charge in [-0.2, -0.15) is 4.98 Å². The van der Waals surface area contributed by atoms with Crippen molar-refractivity contribution in [1.29, 1.82) is 0 Å². The Morgan fingerprint density at radius 2 is 2.12 bits per heavy atom. The van der Waals surface area contributed by atoms with Crippen molar-refractivity contribution >= 4 is 21.1 Å². The van der Waals surface area contributed by atoms with Crippen molar-refractivity contribution in [1.82, 2.24) is 19.9 Å². The first-order valence-corrected chi connectivity index (χ1v) is 6.23. The van der Waals surface area contributed by atoms with Gasteiger partial charge in [-0.25, -0.2) is 23.5 Å². The second kappa shape index (κ2) is 3.22. The molecule has 17 heavy (non-hydrogen) atoms. The Morgan fingerprint density at radius 1 is 1.29 bits per heavy atom. The summed E-state index contributed by atoms with van der Waals surface area (Å²) in [4.78, 5) is 14.7. The molecule has 86 valence electrons. The minimum absolute atomic E-state index is 0.347. The molecule has 0 spiro atoms. The maximum Gasteiger partial charge on any atom is 0.273 e. The van der Waals surface area contributed by atoms with Crippen molar-refractivity contribution in [3.8, 4) is 11.5 Å². The molecule has 0 amide bonds. The average molecular weight is 249 g/mol. The molecule has 0 bridgehead atoms. The summed E-state index contributed by atoms with van der Waals surface area (Å²) in [6, 6.07) is 5.32. The molecule has 3 rings (SSSR count). The molecule has 1 aromatic rings.